The number of allylic oxidation sites excluding steroid dienone is 1. The molecule has 6 aliphatic carbocycles. The Morgan fingerprint density at radius 1 is 0.361 bits per heavy atom. The van der Waals surface area contributed by atoms with E-state index in [2.05, 4.69) is 211 Å². The smallest absolute Gasteiger partial charge is 0.0327 e. The molecule has 72 heavy (non-hydrogen) atoms. The van der Waals surface area contributed by atoms with E-state index < -0.39 is 0 Å². The third kappa shape index (κ3) is 5.60. The van der Waals surface area contributed by atoms with Gasteiger partial charge in [0.1, 0.15) is 0 Å². The topological polar surface area (TPSA) is 0 Å². The lowest BCUT2D eigenvalue weighted by atomic mass is 9.55. The lowest BCUT2D eigenvalue weighted by molar-refractivity contribution is 0.164. The number of hydrogen-bond donors (Lipinski definition) is 0. The Labute approximate surface area is 429 Å². The largest absolute Gasteiger partial charge is 0.103 e. The molecule has 0 nitrogen and oxygen atoms in total. The fourth-order valence-electron chi connectivity index (χ4n) is 17.9. The summed E-state index contributed by atoms with van der Waals surface area (Å²) in [5.41, 5.74) is 28.9. The molecule has 356 valence electrons. The molecule has 0 radical (unpaired) electrons. The van der Waals surface area contributed by atoms with Crippen LogP contribution in [0.25, 0.3) is 77.9 Å². The summed E-state index contributed by atoms with van der Waals surface area (Å²) < 4.78 is 0. The molecule has 0 unspecified atom stereocenters. The van der Waals surface area contributed by atoms with Crippen LogP contribution >= 0.6 is 0 Å². The number of fused-ring (bicyclic) bond motifs is 6. The average Bonchev–Trinajstić information content (AvgIpc) is 4.20. The van der Waals surface area contributed by atoms with Gasteiger partial charge >= 0.3 is 0 Å². The molecule has 0 amide bonds. The van der Waals surface area contributed by atoms with Gasteiger partial charge in [0.15, 0.2) is 0 Å². The molecule has 8 aromatic rings. The first kappa shape index (κ1) is 44.2. The average molecular weight is 933 g/mol. The Balaban J connectivity index is 0.875. The molecule has 0 aromatic heterocycles. The van der Waals surface area contributed by atoms with E-state index in [0.29, 0.717) is 0 Å². The summed E-state index contributed by atoms with van der Waals surface area (Å²) >= 11 is 0. The maximum absolute atomic E-state index is 3.93. The number of aryl methyl sites for hydroxylation is 1. The highest BCUT2D eigenvalue weighted by Gasteiger charge is 2.74. The normalized spacial score (nSPS) is 27.6. The van der Waals surface area contributed by atoms with Crippen LogP contribution in [0.3, 0.4) is 0 Å². The highest BCUT2D eigenvalue weighted by atomic mass is 14.8. The summed E-state index contributed by atoms with van der Waals surface area (Å²) in [5.74, 6) is 0. The zero-order valence-corrected chi connectivity index (χ0v) is 43.2. The molecule has 6 aliphatic rings. The third-order valence-electron chi connectivity index (χ3n) is 21.5. The van der Waals surface area contributed by atoms with Gasteiger partial charge in [-0.25, -0.2) is 0 Å². The molecule has 8 aromatic carbocycles. The molecule has 2 spiro atoms. The van der Waals surface area contributed by atoms with Crippen molar-refractivity contribution in [3.8, 4) is 77.9 Å². The van der Waals surface area contributed by atoms with Gasteiger partial charge in [-0.1, -0.05) is 185 Å². The van der Waals surface area contributed by atoms with Crippen molar-refractivity contribution in [2.45, 2.75) is 116 Å². The Morgan fingerprint density at radius 2 is 0.639 bits per heavy atom. The molecule has 4 saturated carbocycles. The zero-order chi connectivity index (χ0) is 48.8. The van der Waals surface area contributed by atoms with Gasteiger partial charge in [-0.2, -0.15) is 0 Å². The maximum Gasteiger partial charge on any atom is 0.0327 e. The van der Waals surface area contributed by atoms with E-state index >= 15 is 0 Å². The lowest BCUT2D eigenvalue weighted by Crippen LogP contribution is -2.45. The summed E-state index contributed by atoms with van der Waals surface area (Å²) in [6.07, 6.45) is 15.8. The zero-order valence-electron chi connectivity index (χ0n) is 43.2. The molecular formula is C72H68. The van der Waals surface area contributed by atoms with Crippen molar-refractivity contribution in [1.29, 1.82) is 0 Å². The second-order valence-electron chi connectivity index (χ2n) is 24.1. The van der Waals surface area contributed by atoms with E-state index in [0.717, 1.165) is 6.42 Å². The van der Waals surface area contributed by atoms with Crippen molar-refractivity contribution in [3.05, 3.63) is 216 Å². The van der Waals surface area contributed by atoms with Crippen LogP contribution < -0.4 is 0 Å². The Hall–Kier alpha value is -6.50. The highest BCUT2D eigenvalue weighted by Crippen LogP contribution is 2.81. The monoisotopic (exact) mass is 933 g/mol. The van der Waals surface area contributed by atoms with Gasteiger partial charge < -0.3 is 0 Å². The lowest BCUT2D eigenvalue weighted by Gasteiger charge is -2.47. The number of rotatable bonds is 9. The maximum atomic E-state index is 3.93. The van der Waals surface area contributed by atoms with Crippen LogP contribution in [0.15, 0.2) is 183 Å². The predicted molar refractivity (Wildman–Crippen MR) is 303 cm³/mol. The highest BCUT2D eigenvalue weighted by molar-refractivity contribution is 5.91. The van der Waals surface area contributed by atoms with E-state index in [-0.39, 0.29) is 32.5 Å². The van der Waals surface area contributed by atoms with Gasteiger partial charge in [-0.3, -0.25) is 0 Å². The van der Waals surface area contributed by atoms with Crippen LogP contribution in [0.4, 0.5) is 0 Å². The Kier molecular flexibility index (Phi) is 9.52. The van der Waals surface area contributed by atoms with Gasteiger partial charge in [0, 0.05) is 10.8 Å². The Morgan fingerprint density at radius 3 is 0.972 bits per heavy atom. The van der Waals surface area contributed by atoms with Gasteiger partial charge in [0.2, 0.25) is 0 Å². The van der Waals surface area contributed by atoms with Crippen molar-refractivity contribution >= 4 is 0 Å². The number of hydrogen-bond acceptors (Lipinski definition) is 0. The van der Waals surface area contributed by atoms with Gasteiger partial charge in [-0.05, 0) is 229 Å². The minimum Gasteiger partial charge on any atom is -0.103 e. The van der Waals surface area contributed by atoms with Crippen LogP contribution in [0.1, 0.15) is 125 Å². The molecule has 0 heterocycles. The predicted octanol–water partition coefficient (Wildman–Crippen LogP) is 19.6. The van der Waals surface area contributed by atoms with Crippen molar-refractivity contribution in [3.63, 3.8) is 0 Å². The van der Waals surface area contributed by atoms with E-state index in [1.54, 1.807) is 22.3 Å². The number of benzene rings is 8. The molecule has 0 N–H and O–H groups in total. The molecular weight excluding hydrogens is 865 g/mol. The van der Waals surface area contributed by atoms with Crippen molar-refractivity contribution < 1.29 is 0 Å². The van der Waals surface area contributed by atoms with Crippen molar-refractivity contribution in [2.24, 2.45) is 21.7 Å². The molecule has 14 rings (SSSR count). The molecule has 4 bridgehead atoms. The summed E-state index contributed by atoms with van der Waals surface area (Å²) in [6, 6.07) is 67.2. The van der Waals surface area contributed by atoms with Gasteiger partial charge in [0.05, 0.1) is 0 Å². The van der Waals surface area contributed by atoms with Crippen LogP contribution in [0, 0.1) is 28.6 Å². The molecule has 0 saturated heterocycles. The first-order chi connectivity index (χ1) is 35.0. The molecule has 4 fully saturated rings. The van der Waals surface area contributed by atoms with Crippen molar-refractivity contribution in [2.75, 3.05) is 0 Å². The minimum absolute atomic E-state index is 0.00757. The molecule has 0 atom stereocenters. The van der Waals surface area contributed by atoms with Crippen molar-refractivity contribution in [1.82, 2.24) is 0 Å². The van der Waals surface area contributed by atoms with Crippen LogP contribution in [0.5, 0.6) is 0 Å². The molecule has 0 aliphatic heterocycles. The standard InChI is InChI=1S/C72H68/c1-7-10-48-13-17-50(18-14-48)52-21-25-53(26-22-52)55-27-31-59-60-33-29-57(45-64(60)71(63(59)43-55)67(5)35-37-68(71,6)38-36-67)58-30-34-62-61-32-28-56(54-23-19-51(20-24-54)49-15-11-47(4)12-16-49)44-65(61)72(66(62)46-58)69(8-2)39-41-70(72,9-3)42-40-69/h7,11-34,43-46H,1,8-10,35-42H2,2-6H3. The SMILES string of the molecule is C=CCc1ccc(-c2ccc(-c3ccc4c(c3)C3(c5cc(-c6ccc7c(c6)C6(c8cc(-c9ccc(-c%10ccc(C)cc%10)cc9)ccc8-7)C7(CC)CCC6(CC)CC7)ccc5-4)C4(C)CCC3(C)CC4)cc2)cc1. The first-order valence-electron chi connectivity index (χ1n) is 27.6. The summed E-state index contributed by atoms with van der Waals surface area (Å²) in [4.78, 5) is 0. The minimum atomic E-state index is -0.0319. The summed E-state index contributed by atoms with van der Waals surface area (Å²) in [6.45, 7) is 16.5. The van der Waals surface area contributed by atoms with Crippen LogP contribution in [0.2, 0.25) is 0 Å². The Bertz CT molecular complexity index is 3450. The quantitative estimate of drug-likeness (QED) is 0.127. The third-order valence-corrected chi connectivity index (χ3v) is 21.5. The summed E-state index contributed by atoms with van der Waals surface area (Å²) in [7, 11) is 0. The van der Waals surface area contributed by atoms with E-state index in [1.165, 1.54) is 153 Å². The second-order valence-corrected chi connectivity index (χ2v) is 24.1. The van der Waals surface area contributed by atoms with Gasteiger partial charge in [0.25, 0.3) is 0 Å². The van der Waals surface area contributed by atoms with Crippen LogP contribution in [-0.2, 0) is 17.3 Å². The van der Waals surface area contributed by atoms with Crippen LogP contribution in [-0.4, -0.2) is 0 Å². The van der Waals surface area contributed by atoms with E-state index in [4.69, 9.17) is 0 Å². The van der Waals surface area contributed by atoms with E-state index in [1.807, 2.05) is 6.08 Å². The second kappa shape index (κ2) is 15.5. The fraction of sp³-hybridized carbons (Fsp3) is 0.306. The fourth-order valence-corrected chi connectivity index (χ4v) is 17.9. The first-order valence-corrected chi connectivity index (χ1v) is 27.6. The van der Waals surface area contributed by atoms with Gasteiger partial charge in [-0.15, -0.1) is 6.58 Å². The summed E-state index contributed by atoms with van der Waals surface area (Å²) in [5, 5.41) is 0. The van der Waals surface area contributed by atoms with E-state index in [9.17, 15) is 0 Å². The molecule has 0 heteroatoms.